The molecule has 3 unspecified atom stereocenters. The van der Waals surface area contributed by atoms with Crippen molar-refractivity contribution in [3.8, 4) is 0 Å². The number of pyridine rings is 1. The molecule has 3 aliphatic rings. The van der Waals surface area contributed by atoms with Crippen LogP contribution in [0.2, 0.25) is 0 Å². The number of aromatic carboxylic acids is 1. The van der Waals surface area contributed by atoms with Gasteiger partial charge in [0, 0.05) is 25.4 Å². The van der Waals surface area contributed by atoms with Crippen molar-refractivity contribution in [2.45, 2.75) is 43.5 Å². The van der Waals surface area contributed by atoms with Crippen LogP contribution in [0.4, 0.5) is 20.2 Å². The summed E-state index contributed by atoms with van der Waals surface area (Å²) < 4.78 is 38.1. The third-order valence-corrected chi connectivity index (χ3v) is 6.16. The topological polar surface area (TPSA) is 124 Å². The van der Waals surface area contributed by atoms with Gasteiger partial charge in [0.15, 0.2) is 11.6 Å². The molecule has 0 radical (unpaired) electrons. The monoisotopic (exact) mass is 406 g/mol. The molecule has 0 amide bonds. The number of aromatic nitrogens is 1. The lowest BCUT2D eigenvalue weighted by Gasteiger charge is -2.27. The average molecular weight is 406 g/mol. The van der Waals surface area contributed by atoms with Crippen molar-refractivity contribution in [1.29, 1.82) is 0 Å². The van der Waals surface area contributed by atoms with Gasteiger partial charge in [-0.3, -0.25) is 4.79 Å². The summed E-state index contributed by atoms with van der Waals surface area (Å²) in [7, 11) is 0. The Hall–Kier alpha value is -2.72. The molecule has 3 atom stereocenters. The van der Waals surface area contributed by atoms with Gasteiger partial charge < -0.3 is 30.8 Å². The van der Waals surface area contributed by atoms with Crippen LogP contribution in [0.25, 0.3) is 10.9 Å². The molecule has 1 aromatic carbocycles. The Kier molecular flexibility index (Phi) is 3.88. The number of benzene rings is 1. The molecule has 29 heavy (non-hydrogen) atoms. The number of nitrogens with zero attached hydrogens (tertiary/aromatic N) is 2. The summed E-state index contributed by atoms with van der Waals surface area (Å²) in [6.45, 7) is 0.635. The summed E-state index contributed by atoms with van der Waals surface area (Å²) in [5.74, 6) is -3.46. The highest BCUT2D eigenvalue weighted by Crippen LogP contribution is 2.43. The molecule has 10 heteroatoms. The lowest BCUT2D eigenvalue weighted by atomic mass is 10.0. The fraction of sp³-hybridized carbons (Fsp3) is 0.474. The quantitative estimate of drug-likeness (QED) is 0.655. The van der Waals surface area contributed by atoms with Crippen LogP contribution in [0.1, 0.15) is 35.7 Å². The molecular weight excluding hydrogens is 386 g/mol. The van der Waals surface area contributed by atoms with Gasteiger partial charge in [-0.05, 0) is 19.3 Å². The van der Waals surface area contributed by atoms with Crippen LogP contribution < -0.4 is 21.8 Å². The van der Waals surface area contributed by atoms with Gasteiger partial charge in [-0.15, -0.1) is 0 Å². The zero-order valence-electron chi connectivity index (χ0n) is 15.4. The number of carboxylic acid groups (broad SMARTS) is 1. The molecule has 0 bridgehead atoms. The third-order valence-electron chi connectivity index (χ3n) is 6.16. The van der Waals surface area contributed by atoms with Crippen molar-refractivity contribution >= 4 is 28.2 Å². The first-order valence-corrected chi connectivity index (χ1v) is 9.53. The number of fused-ring (bicyclic) bond motifs is 2. The normalized spacial score (nSPS) is 26.3. The van der Waals surface area contributed by atoms with Crippen LogP contribution >= 0.6 is 0 Å². The second-order valence-corrected chi connectivity index (χ2v) is 7.94. The largest absolute Gasteiger partial charge is 0.477 e. The van der Waals surface area contributed by atoms with E-state index in [0.29, 0.717) is 25.9 Å². The van der Waals surface area contributed by atoms with E-state index in [2.05, 4.69) is 0 Å². The predicted octanol–water partition coefficient (Wildman–Crippen LogP) is 1.20. The molecule has 5 N–H and O–H groups in total. The van der Waals surface area contributed by atoms with Crippen LogP contribution in [0.5, 0.6) is 0 Å². The first-order valence-electron chi connectivity index (χ1n) is 9.53. The minimum absolute atomic E-state index is 0.160. The molecule has 2 aromatic rings. The van der Waals surface area contributed by atoms with Gasteiger partial charge in [0.05, 0.1) is 34.8 Å². The van der Waals surface area contributed by atoms with Crippen molar-refractivity contribution in [3.05, 3.63) is 33.6 Å². The lowest BCUT2D eigenvalue weighted by molar-refractivity contribution is 0.0694. The standard InChI is InChI=1S/C19H20F2N4O4/c20-12-14(23)11-15(24(7-1-2-7)5-8(17(11)26)19(27)28)13(21)16(12)25-6-9(22)18-10(25)3-4-29-18/h5,7,9-10,18H,1-4,6,22-23H2,(H,27,28). The number of hydrogen-bond acceptors (Lipinski definition) is 6. The SMILES string of the molecule is Nc1c(F)c(N2CC(N)C3OCCC32)c(F)c2c1c(=O)c(C(=O)O)cn2C1CC1. The van der Waals surface area contributed by atoms with E-state index < -0.39 is 45.7 Å². The maximum absolute atomic E-state index is 15.8. The van der Waals surface area contributed by atoms with Crippen LogP contribution in [0, 0.1) is 11.6 Å². The highest BCUT2D eigenvalue weighted by molar-refractivity contribution is 5.99. The number of hydrogen-bond donors (Lipinski definition) is 3. The van der Waals surface area contributed by atoms with Gasteiger partial charge in [-0.1, -0.05) is 0 Å². The van der Waals surface area contributed by atoms with Crippen LogP contribution in [-0.4, -0.2) is 47.0 Å². The van der Waals surface area contributed by atoms with Crippen molar-refractivity contribution in [3.63, 3.8) is 0 Å². The highest BCUT2D eigenvalue weighted by Gasteiger charge is 2.46. The van der Waals surface area contributed by atoms with Crippen molar-refractivity contribution in [1.82, 2.24) is 4.57 Å². The Labute approximate surface area is 163 Å². The Balaban J connectivity index is 1.82. The molecule has 5 rings (SSSR count). The van der Waals surface area contributed by atoms with Gasteiger partial charge in [0.2, 0.25) is 5.43 Å². The number of rotatable bonds is 3. The summed E-state index contributed by atoms with van der Waals surface area (Å²) in [4.78, 5) is 25.7. The Bertz CT molecular complexity index is 1110. The molecule has 3 fully saturated rings. The molecule has 0 spiro atoms. The van der Waals surface area contributed by atoms with Crippen LogP contribution in [0.15, 0.2) is 11.0 Å². The van der Waals surface area contributed by atoms with E-state index in [4.69, 9.17) is 16.2 Å². The fourth-order valence-corrected chi connectivity index (χ4v) is 4.66. The second-order valence-electron chi connectivity index (χ2n) is 7.94. The van der Waals surface area contributed by atoms with Gasteiger partial charge in [0.1, 0.15) is 11.3 Å². The van der Waals surface area contributed by atoms with E-state index in [9.17, 15) is 14.7 Å². The lowest BCUT2D eigenvalue weighted by Crippen LogP contribution is -2.35. The van der Waals surface area contributed by atoms with Crippen molar-refractivity contribution < 1.29 is 23.4 Å². The van der Waals surface area contributed by atoms with Gasteiger partial charge in [0.25, 0.3) is 0 Å². The molecule has 3 heterocycles. The molecule has 1 saturated carbocycles. The van der Waals surface area contributed by atoms with Gasteiger partial charge >= 0.3 is 5.97 Å². The minimum atomic E-state index is -1.47. The number of nitrogens with two attached hydrogens (primary N) is 2. The Morgan fingerprint density at radius 3 is 2.62 bits per heavy atom. The molecular formula is C19H20F2N4O4. The second kappa shape index (κ2) is 6.14. The van der Waals surface area contributed by atoms with Gasteiger partial charge in [-0.2, -0.15) is 0 Å². The maximum atomic E-state index is 15.8. The van der Waals surface area contributed by atoms with E-state index in [1.165, 1.54) is 9.47 Å². The van der Waals surface area contributed by atoms with E-state index in [0.717, 1.165) is 6.20 Å². The van der Waals surface area contributed by atoms with E-state index in [1.807, 2.05) is 0 Å². The molecule has 2 saturated heterocycles. The Morgan fingerprint density at radius 2 is 1.97 bits per heavy atom. The van der Waals surface area contributed by atoms with Gasteiger partial charge in [-0.25, -0.2) is 13.6 Å². The van der Waals surface area contributed by atoms with Crippen molar-refractivity contribution in [2.75, 3.05) is 23.8 Å². The molecule has 154 valence electrons. The summed E-state index contributed by atoms with van der Waals surface area (Å²) in [5, 5.41) is 8.93. The molecule has 2 aliphatic heterocycles. The summed E-state index contributed by atoms with van der Waals surface area (Å²) in [6, 6.07) is -0.852. The number of carboxylic acids is 1. The summed E-state index contributed by atoms with van der Waals surface area (Å²) in [5.41, 5.74) is 9.46. The smallest absolute Gasteiger partial charge is 0.341 e. The number of nitrogen functional groups attached to an aromatic ring is 1. The maximum Gasteiger partial charge on any atom is 0.341 e. The van der Waals surface area contributed by atoms with E-state index in [1.54, 1.807) is 0 Å². The fourth-order valence-electron chi connectivity index (χ4n) is 4.66. The number of anilines is 2. The minimum Gasteiger partial charge on any atom is -0.477 e. The van der Waals surface area contributed by atoms with E-state index >= 15 is 8.78 Å². The molecule has 8 nitrogen and oxygen atoms in total. The zero-order valence-corrected chi connectivity index (χ0v) is 15.4. The summed E-state index contributed by atoms with van der Waals surface area (Å²) in [6.07, 6.45) is 2.78. The highest BCUT2D eigenvalue weighted by atomic mass is 19.1. The average Bonchev–Trinajstić information content (AvgIpc) is 3.31. The zero-order chi connectivity index (χ0) is 20.6. The first-order chi connectivity index (χ1) is 13.8. The third kappa shape index (κ3) is 2.48. The molecule has 1 aliphatic carbocycles. The number of ether oxygens (including phenoxy) is 1. The number of carbonyl (C=O) groups is 1. The van der Waals surface area contributed by atoms with Crippen LogP contribution in [0.3, 0.4) is 0 Å². The first kappa shape index (κ1) is 18.3. The van der Waals surface area contributed by atoms with Crippen molar-refractivity contribution in [2.24, 2.45) is 5.73 Å². The summed E-state index contributed by atoms with van der Waals surface area (Å²) >= 11 is 0. The van der Waals surface area contributed by atoms with E-state index in [-0.39, 0.29) is 35.9 Å². The Morgan fingerprint density at radius 1 is 1.24 bits per heavy atom. The predicted molar refractivity (Wildman–Crippen MR) is 101 cm³/mol. The molecule has 1 aromatic heterocycles. The number of halogens is 2. The van der Waals surface area contributed by atoms with Crippen LogP contribution in [-0.2, 0) is 4.74 Å².